The van der Waals surface area contributed by atoms with E-state index in [1.54, 1.807) is 30.2 Å². The molecule has 1 amide bonds. The highest BCUT2D eigenvalue weighted by atomic mass is 16.6. The largest absolute Gasteiger partial charge is 0.497 e. The molecular formula is C21H23N3O4. The summed E-state index contributed by atoms with van der Waals surface area (Å²) >= 11 is 0. The van der Waals surface area contributed by atoms with Crippen LogP contribution in [0.25, 0.3) is 6.08 Å². The molecule has 0 aliphatic carbocycles. The van der Waals surface area contributed by atoms with Gasteiger partial charge >= 0.3 is 0 Å². The van der Waals surface area contributed by atoms with Gasteiger partial charge in [-0.3, -0.25) is 19.8 Å². The molecule has 146 valence electrons. The van der Waals surface area contributed by atoms with Crippen molar-refractivity contribution in [1.29, 1.82) is 0 Å². The fourth-order valence-corrected chi connectivity index (χ4v) is 3.13. The number of carbonyl (C=O) groups excluding carboxylic acids is 1. The van der Waals surface area contributed by atoms with Crippen molar-refractivity contribution in [2.45, 2.75) is 6.54 Å². The summed E-state index contributed by atoms with van der Waals surface area (Å²) in [5.74, 6) is 0.769. The quantitative estimate of drug-likeness (QED) is 0.437. The Morgan fingerprint density at radius 3 is 2.50 bits per heavy atom. The summed E-state index contributed by atoms with van der Waals surface area (Å²) in [5.41, 5.74) is 1.87. The van der Waals surface area contributed by atoms with E-state index in [1.165, 1.54) is 23.8 Å². The lowest BCUT2D eigenvalue weighted by Crippen LogP contribution is -2.47. The maximum atomic E-state index is 12.4. The minimum atomic E-state index is -0.443. The van der Waals surface area contributed by atoms with Gasteiger partial charge in [-0.2, -0.15) is 0 Å². The molecule has 2 aromatic rings. The summed E-state index contributed by atoms with van der Waals surface area (Å²) in [5, 5.41) is 10.8. The molecule has 0 N–H and O–H groups in total. The Hall–Kier alpha value is -3.19. The maximum absolute atomic E-state index is 12.4. The van der Waals surface area contributed by atoms with Crippen LogP contribution in [0.1, 0.15) is 11.1 Å². The summed E-state index contributed by atoms with van der Waals surface area (Å²) in [6, 6.07) is 14.2. The molecule has 1 heterocycles. The third kappa shape index (κ3) is 5.17. The summed E-state index contributed by atoms with van der Waals surface area (Å²) in [7, 11) is 1.65. The van der Waals surface area contributed by atoms with Crippen molar-refractivity contribution in [3.8, 4) is 5.75 Å². The second kappa shape index (κ2) is 9.14. The lowest BCUT2D eigenvalue weighted by molar-refractivity contribution is -0.384. The zero-order valence-corrected chi connectivity index (χ0v) is 15.8. The van der Waals surface area contributed by atoms with Crippen LogP contribution in [0, 0.1) is 10.1 Å². The Kier molecular flexibility index (Phi) is 6.39. The van der Waals surface area contributed by atoms with Crippen LogP contribution >= 0.6 is 0 Å². The predicted octanol–water partition coefficient (Wildman–Crippen LogP) is 2.96. The monoisotopic (exact) mass is 381 g/mol. The molecule has 0 atom stereocenters. The molecule has 28 heavy (non-hydrogen) atoms. The minimum absolute atomic E-state index is 0.0155. The highest BCUT2D eigenvalue weighted by molar-refractivity contribution is 5.91. The number of amides is 1. The molecule has 0 bridgehead atoms. The Balaban J connectivity index is 1.50. The van der Waals surface area contributed by atoms with Gasteiger partial charge in [0.25, 0.3) is 5.69 Å². The molecule has 0 radical (unpaired) electrons. The van der Waals surface area contributed by atoms with Gasteiger partial charge in [-0.15, -0.1) is 0 Å². The van der Waals surface area contributed by atoms with Crippen LogP contribution in [0.15, 0.2) is 54.6 Å². The topological polar surface area (TPSA) is 75.9 Å². The van der Waals surface area contributed by atoms with Crippen LogP contribution in [0.5, 0.6) is 5.75 Å². The van der Waals surface area contributed by atoms with Gasteiger partial charge in [-0.05, 0) is 29.3 Å². The van der Waals surface area contributed by atoms with Crippen LogP contribution in [0.3, 0.4) is 0 Å². The molecule has 1 aliphatic rings. The van der Waals surface area contributed by atoms with Crippen LogP contribution in [-0.4, -0.2) is 53.9 Å². The average molecular weight is 381 g/mol. The summed E-state index contributed by atoms with van der Waals surface area (Å²) in [4.78, 5) is 26.9. The highest BCUT2D eigenvalue weighted by Gasteiger charge is 2.19. The molecule has 3 rings (SSSR count). The van der Waals surface area contributed by atoms with Crippen molar-refractivity contribution >= 4 is 17.7 Å². The predicted molar refractivity (Wildman–Crippen MR) is 107 cm³/mol. The number of non-ortho nitro benzene ring substituents is 1. The zero-order chi connectivity index (χ0) is 19.9. The van der Waals surface area contributed by atoms with Gasteiger partial charge in [0.2, 0.25) is 5.91 Å². The summed E-state index contributed by atoms with van der Waals surface area (Å²) in [6.07, 6.45) is 3.11. The number of benzene rings is 2. The highest BCUT2D eigenvalue weighted by Crippen LogP contribution is 2.16. The van der Waals surface area contributed by atoms with Crippen LogP contribution in [-0.2, 0) is 11.3 Å². The number of hydrogen-bond donors (Lipinski definition) is 0. The molecule has 1 aliphatic heterocycles. The van der Waals surface area contributed by atoms with E-state index in [1.807, 2.05) is 12.1 Å². The SMILES string of the molecule is COc1ccc(CN2CCN(C(=O)/C=C/c3cccc([N+](=O)[O-])c3)CC2)cc1. The standard InChI is InChI=1S/C21H23N3O4/c1-28-20-8-5-18(6-9-20)16-22-11-13-23(14-12-22)21(25)10-7-17-3-2-4-19(15-17)24(26)27/h2-10,15H,11-14,16H2,1H3/b10-7+. The van der Waals surface area contributed by atoms with Crippen molar-refractivity contribution in [3.05, 3.63) is 75.8 Å². The van der Waals surface area contributed by atoms with E-state index in [-0.39, 0.29) is 11.6 Å². The van der Waals surface area contributed by atoms with Gasteiger partial charge in [0.15, 0.2) is 0 Å². The molecule has 2 aromatic carbocycles. The van der Waals surface area contributed by atoms with Crippen molar-refractivity contribution in [2.24, 2.45) is 0 Å². The van der Waals surface area contributed by atoms with Gasteiger partial charge in [0, 0.05) is 50.9 Å². The van der Waals surface area contributed by atoms with E-state index >= 15 is 0 Å². The van der Waals surface area contributed by atoms with Gasteiger partial charge in [-0.1, -0.05) is 24.3 Å². The van der Waals surface area contributed by atoms with E-state index in [4.69, 9.17) is 4.74 Å². The van der Waals surface area contributed by atoms with E-state index in [0.29, 0.717) is 18.7 Å². The number of nitrogens with zero attached hydrogens (tertiary/aromatic N) is 3. The Bertz CT molecular complexity index is 856. The van der Waals surface area contributed by atoms with Gasteiger partial charge in [0.05, 0.1) is 12.0 Å². The third-order valence-corrected chi connectivity index (χ3v) is 4.75. The number of rotatable bonds is 6. The number of ether oxygens (including phenoxy) is 1. The number of piperazine rings is 1. The van der Waals surface area contributed by atoms with Crippen molar-refractivity contribution in [2.75, 3.05) is 33.3 Å². The first-order valence-corrected chi connectivity index (χ1v) is 9.12. The number of methoxy groups -OCH3 is 1. The normalized spacial score (nSPS) is 15.0. The fraction of sp³-hybridized carbons (Fsp3) is 0.286. The minimum Gasteiger partial charge on any atom is -0.497 e. The van der Waals surface area contributed by atoms with Gasteiger partial charge in [0.1, 0.15) is 5.75 Å². The third-order valence-electron chi connectivity index (χ3n) is 4.75. The van der Waals surface area contributed by atoms with E-state index in [2.05, 4.69) is 17.0 Å². The number of carbonyl (C=O) groups is 1. The lowest BCUT2D eigenvalue weighted by atomic mass is 10.1. The number of nitro benzene ring substituents is 1. The molecule has 1 saturated heterocycles. The molecule has 0 spiro atoms. The first-order valence-electron chi connectivity index (χ1n) is 9.12. The van der Waals surface area contributed by atoms with E-state index in [9.17, 15) is 14.9 Å². The van der Waals surface area contributed by atoms with Crippen LogP contribution in [0.4, 0.5) is 5.69 Å². The Labute approximate surface area is 164 Å². The molecule has 0 saturated carbocycles. The van der Waals surface area contributed by atoms with E-state index in [0.717, 1.165) is 25.4 Å². The molecular weight excluding hydrogens is 358 g/mol. The molecule has 0 unspecified atom stereocenters. The average Bonchev–Trinajstić information content (AvgIpc) is 2.73. The van der Waals surface area contributed by atoms with Gasteiger partial charge < -0.3 is 9.64 Å². The smallest absolute Gasteiger partial charge is 0.270 e. The number of nitro groups is 1. The van der Waals surface area contributed by atoms with E-state index < -0.39 is 4.92 Å². The first kappa shape index (κ1) is 19.6. The lowest BCUT2D eigenvalue weighted by Gasteiger charge is -2.34. The first-order chi connectivity index (χ1) is 13.5. The number of hydrogen-bond acceptors (Lipinski definition) is 5. The second-order valence-electron chi connectivity index (χ2n) is 6.63. The van der Waals surface area contributed by atoms with Gasteiger partial charge in [-0.25, -0.2) is 0 Å². The fourth-order valence-electron chi connectivity index (χ4n) is 3.13. The zero-order valence-electron chi connectivity index (χ0n) is 15.8. The Morgan fingerprint density at radius 1 is 1.14 bits per heavy atom. The molecule has 0 aromatic heterocycles. The molecule has 7 heteroatoms. The van der Waals surface area contributed by atoms with Crippen LogP contribution in [0.2, 0.25) is 0 Å². The van der Waals surface area contributed by atoms with Crippen LogP contribution < -0.4 is 4.74 Å². The summed E-state index contributed by atoms with van der Waals surface area (Å²) < 4.78 is 5.18. The Morgan fingerprint density at radius 2 is 1.86 bits per heavy atom. The van der Waals surface area contributed by atoms with Crippen molar-refractivity contribution in [3.63, 3.8) is 0 Å². The molecule has 1 fully saturated rings. The maximum Gasteiger partial charge on any atom is 0.270 e. The van der Waals surface area contributed by atoms with Crippen molar-refractivity contribution in [1.82, 2.24) is 9.80 Å². The summed E-state index contributed by atoms with van der Waals surface area (Å²) in [6.45, 7) is 3.78. The molecule has 7 nitrogen and oxygen atoms in total. The van der Waals surface area contributed by atoms with Crippen molar-refractivity contribution < 1.29 is 14.5 Å². The second-order valence-corrected chi connectivity index (χ2v) is 6.63.